The molecule has 1 heterocycles. The van der Waals surface area contributed by atoms with Gasteiger partial charge in [-0.3, -0.25) is 14.4 Å². The van der Waals surface area contributed by atoms with Gasteiger partial charge in [-0.25, -0.2) is 0 Å². The highest BCUT2D eigenvalue weighted by Crippen LogP contribution is 2.41. The number of anilines is 1. The Hall–Kier alpha value is -1.89. The van der Waals surface area contributed by atoms with Crippen LogP contribution in [-0.4, -0.2) is 28.9 Å². The normalized spacial score (nSPS) is 26.8. The van der Waals surface area contributed by atoms with Gasteiger partial charge in [0.05, 0.1) is 17.4 Å². The van der Waals surface area contributed by atoms with Crippen LogP contribution in [-0.2, 0) is 22.4 Å². The summed E-state index contributed by atoms with van der Waals surface area (Å²) in [6.07, 6.45) is 10.0. The Labute approximate surface area is 181 Å². The fourth-order valence-corrected chi connectivity index (χ4v) is 6.76. The van der Waals surface area contributed by atoms with Crippen molar-refractivity contribution < 1.29 is 19.5 Å². The zero-order chi connectivity index (χ0) is 21.3. The number of fused-ring (bicyclic) bond motifs is 1. The molecule has 3 atom stereocenters. The van der Waals surface area contributed by atoms with E-state index < -0.39 is 17.8 Å². The maximum absolute atomic E-state index is 13.2. The number of carbonyl (C=O) groups is 3. The average molecular weight is 433 g/mol. The van der Waals surface area contributed by atoms with Crippen molar-refractivity contribution >= 4 is 34.1 Å². The summed E-state index contributed by atoms with van der Waals surface area (Å²) < 4.78 is 0. The number of amides is 2. The number of carbonyl (C=O) groups excluding carboxylic acids is 2. The molecule has 2 fully saturated rings. The monoisotopic (exact) mass is 432 g/mol. The minimum Gasteiger partial charge on any atom is -0.481 e. The van der Waals surface area contributed by atoms with Crippen LogP contribution in [0.25, 0.3) is 0 Å². The minimum atomic E-state index is -0.895. The van der Waals surface area contributed by atoms with Crippen molar-refractivity contribution in [3.05, 3.63) is 16.0 Å². The third kappa shape index (κ3) is 4.41. The molecular weight excluding hydrogens is 400 g/mol. The van der Waals surface area contributed by atoms with E-state index in [1.807, 2.05) is 0 Å². The fourth-order valence-electron chi connectivity index (χ4n) is 5.35. The van der Waals surface area contributed by atoms with E-state index in [4.69, 9.17) is 0 Å². The number of rotatable bonds is 5. The van der Waals surface area contributed by atoms with Gasteiger partial charge in [-0.05, 0) is 56.4 Å². The van der Waals surface area contributed by atoms with Crippen LogP contribution < -0.4 is 10.6 Å². The van der Waals surface area contributed by atoms with Crippen molar-refractivity contribution in [3.8, 4) is 0 Å². The Morgan fingerprint density at radius 1 is 0.967 bits per heavy atom. The molecule has 7 heteroatoms. The summed E-state index contributed by atoms with van der Waals surface area (Å²) in [5.74, 6) is -1.82. The largest absolute Gasteiger partial charge is 0.481 e. The predicted molar refractivity (Wildman–Crippen MR) is 117 cm³/mol. The van der Waals surface area contributed by atoms with Gasteiger partial charge in [0.15, 0.2) is 0 Å². The quantitative estimate of drug-likeness (QED) is 0.644. The number of thiophene rings is 1. The lowest BCUT2D eigenvalue weighted by atomic mass is 9.78. The maximum Gasteiger partial charge on any atom is 0.307 e. The second kappa shape index (κ2) is 9.08. The Morgan fingerprint density at radius 2 is 1.63 bits per heavy atom. The van der Waals surface area contributed by atoms with Crippen LogP contribution in [0.4, 0.5) is 5.00 Å². The average Bonchev–Trinajstić information content (AvgIpc) is 3.34. The van der Waals surface area contributed by atoms with Crippen molar-refractivity contribution in [3.63, 3.8) is 0 Å². The molecule has 1 aromatic rings. The van der Waals surface area contributed by atoms with Gasteiger partial charge in [0.25, 0.3) is 5.91 Å². The summed E-state index contributed by atoms with van der Waals surface area (Å²) in [6, 6.07) is 0.217. The molecule has 0 aliphatic heterocycles. The summed E-state index contributed by atoms with van der Waals surface area (Å²) in [7, 11) is 0. The molecule has 0 unspecified atom stereocenters. The first kappa shape index (κ1) is 21.3. The van der Waals surface area contributed by atoms with Crippen molar-refractivity contribution in [2.45, 2.75) is 83.6 Å². The molecule has 30 heavy (non-hydrogen) atoms. The lowest BCUT2D eigenvalue weighted by molar-refractivity contribution is -0.147. The molecule has 2 saturated carbocycles. The molecule has 3 aliphatic carbocycles. The fraction of sp³-hybridized carbons (Fsp3) is 0.696. The first-order valence-corrected chi connectivity index (χ1v) is 12.2. The van der Waals surface area contributed by atoms with Gasteiger partial charge < -0.3 is 15.7 Å². The van der Waals surface area contributed by atoms with Gasteiger partial charge in [0.2, 0.25) is 5.91 Å². The molecule has 6 nitrogen and oxygen atoms in total. The molecule has 0 radical (unpaired) electrons. The first-order chi connectivity index (χ1) is 14.4. The zero-order valence-electron chi connectivity index (χ0n) is 17.7. The lowest BCUT2D eigenvalue weighted by Gasteiger charge is -2.27. The van der Waals surface area contributed by atoms with Crippen LogP contribution in [0.1, 0.15) is 85.5 Å². The van der Waals surface area contributed by atoms with Crippen LogP contribution >= 0.6 is 11.3 Å². The molecule has 0 saturated heterocycles. The Balaban J connectivity index is 1.59. The minimum absolute atomic E-state index is 0.0809. The van der Waals surface area contributed by atoms with Gasteiger partial charge in [-0.15, -0.1) is 11.3 Å². The van der Waals surface area contributed by atoms with Crippen LogP contribution in [0.15, 0.2) is 0 Å². The number of carboxylic acids is 1. The zero-order valence-corrected chi connectivity index (χ0v) is 18.5. The number of aliphatic carboxylic acids is 1. The Kier molecular flexibility index (Phi) is 6.46. The molecule has 2 amide bonds. The second-order valence-electron chi connectivity index (χ2n) is 9.34. The van der Waals surface area contributed by atoms with E-state index in [0.29, 0.717) is 29.3 Å². The smallest absolute Gasteiger partial charge is 0.307 e. The SMILES string of the molecule is C[C@@H]1CCc2c(sc(NC(=O)[C@@H]3CCCC[C@H]3C(=O)O)c2C(=O)NC2CCCC2)C1. The molecule has 0 bridgehead atoms. The Morgan fingerprint density at radius 3 is 2.33 bits per heavy atom. The number of hydrogen-bond donors (Lipinski definition) is 3. The highest BCUT2D eigenvalue weighted by Gasteiger charge is 2.37. The van der Waals surface area contributed by atoms with Gasteiger partial charge in [-0.1, -0.05) is 32.6 Å². The highest BCUT2D eigenvalue weighted by atomic mass is 32.1. The van der Waals surface area contributed by atoms with E-state index in [9.17, 15) is 19.5 Å². The third-order valence-electron chi connectivity index (χ3n) is 7.09. The number of carboxylic acid groups (broad SMARTS) is 1. The van der Waals surface area contributed by atoms with Crippen LogP contribution in [0.5, 0.6) is 0 Å². The molecule has 1 aromatic heterocycles. The second-order valence-corrected chi connectivity index (χ2v) is 10.4. The van der Waals surface area contributed by atoms with E-state index in [2.05, 4.69) is 17.6 Å². The maximum atomic E-state index is 13.2. The summed E-state index contributed by atoms with van der Waals surface area (Å²) in [5.41, 5.74) is 1.71. The van der Waals surface area contributed by atoms with Crippen molar-refractivity contribution in [2.75, 3.05) is 5.32 Å². The number of nitrogens with one attached hydrogen (secondary N) is 2. The van der Waals surface area contributed by atoms with E-state index in [1.165, 1.54) is 16.2 Å². The molecule has 164 valence electrons. The first-order valence-electron chi connectivity index (χ1n) is 11.4. The molecule has 3 aliphatic rings. The summed E-state index contributed by atoms with van der Waals surface area (Å²) in [5, 5.41) is 16.3. The summed E-state index contributed by atoms with van der Waals surface area (Å²) >= 11 is 1.51. The highest BCUT2D eigenvalue weighted by molar-refractivity contribution is 7.17. The molecule has 3 N–H and O–H groups in total. The van der Waals surface area contributed by atoms with E-state index >= 15 is 0 Å². The van der Waals surface area contributed by atoms with Gasteiger partial charge in [0, 0.05) is 10.9 Å². The lowest BCUT2D eigenvalue weighted by Crippen LogP contribution is -2.37. The molecular formula is C23H32N2O4S. The van der Waals surface area contributed by atoms with Crippen LogP contribution in [0, 0.1) is 17.8 Å². The van der Waals surface area contributed by atoms with Crippen molar-refractivity contribution in [2.24, 2.45) is 17.8 Å². The third-order valence-corrected chi connectivity index (χ3v) is 8.26. The van der Waals surface area contributed by atoms with Crippen molar-refractivity contribution in [1.29, 1.82) is 0 Å². The van der Waals surface area contributed by atoms with Crippen LogP contribution in [0.2, 0.25) is 0 Å². The number of hydrogen-bond acceptors (Lipinski definition) is 4. The summed E-state index contributed by atoms with van der Waals surface area (Å²) in [4.78, 5) is 39.1. The standard InChI is InChI=1S/C23H32N2O4S/c1-13-10-11-17-18(12-13)30-22(19(17)21(27)24-14-6-2-3-7-14)25-20(26)15-8-4-5-9-16(15)23(28)29/h13-16H,2-12H2,1H3,(H,24,27)(H,25,26)(H,28,29)/t13-,15-,16-/m1/s1. The van der Waals surface area contributed by atoms with E-state index in [-0.39, 0.29) is 17.9 Å². The van der Waals surface area contributed by atoms with Gasteiger partial charge in [0.1, 0.15) is 5.00 Å². The molecule has 0 spiro atoms. The Bertz CT molecular complexity index is 827. The topological polar surface area (TPSA) is 95.5 Å². The molecule has 4 rings (SSSR count). The van der Waals surface area contributed by atoms with E-state index in [1.54, 1.807) is 0 Å². The van der Waals surface area contributed by atoms with E-state index in [0.717, 1.165) is 63.4 Å². The summed E-state index contributed by atoms with van der Waals surface area (Å²) in [6.45, 7) is 2.22. The van der Waals surface area contributed by atoms with Crippen molar-refractivity contribution in [1.82, 2.24) is 5.32 Å². The predicted octanol–water partition coefficient (Wildman–Crippen LogP) is 4.37. The van der Waals surface area contributed by atoms with Crippen LogP contribution in [0.3, 0.4) is 0 Å². The van der Waals surface area contributed by atoms with Gasteiger partial charge >= 0.3 is 5.97 Å². The van der Waals surface area contributed by atoms with Gasteiger partial charge in [-0.2, -0.15) is 0 Å². The molecule has 0 aromatic carbocycles.